The number of carboxylic acids is 1. The molecule has 3 nitrogen and oxygen atoms in total. The summed E-state index contributed by atoms with van der Waals surface area (Å²) < 4.78 is 2.12. The molecular formula is C14H22INO2. The Morgan fingerprint density at radius 2 is 1.72 bits per heavy atom. The summed E-state index contributed by atoms with van der Waals surface area (Å²) in [5.41, 5.74) is 0.223. The van der Waals surface area contributed by atoms with Crippen molar-refractivity contribution in [3.8, 4) is 0 Å². The Kier molecular flexibility index (Phi) is 8.18. The second-order valence-corrected chi connectivity index (χ2v) is 6.41. The predicted octanol–water partition coefficient (Wildman–Crippen LogP) is 2.15. The van der Waals surface area contributed by atoms with E-state index in [9.17, 15) is 9.90 Å². The largest absolute Gasteiger partial charge is 0.545 e. The van der Waals surface area contributed by atoms with Gasteiger partial charge in [0.15, 0.2) is 0 Å². The van der Waals surface area contributed by atoms with Gasteiger partial charge in [0.05, 0.1) is 33.7 Å². The highest BCUT2D eigenvalue weighted by atomic mass is 127. The number of rotatable bonds is 4. The first kappa shape index (κ1) is 17.4. The average Bonchev–Trinajstić information content (AvgIpc) is 2.27. The number of hydrogen-bond donors (Lipinski definition) is 0. The number of benzene rings is 1. The number of carboxylic acid groups (broad SMARTS) is 1. The second kappa shape index (κ2) is 8.48. The summed E-state index contributed by atoms with van der Waals surface area (Å²) in [5.74, 6) is -1.13. The van der Waals surface area contributed by atoms with E-state index in [-0.39, 0.29) is 5.56 Å². The summed E-state index contributed by atoms with van der Waals surface area (Å²) in [7, 11) is 6.70. The van der Waals surface area contributed by atoms with Crippen LogP contribution in [0.25, 0.3) is 0 Å². The first-order valence-corrected chi connectivity index (χ1v) is 7.11. The van der Waals surface area contributed by atoms with Crippen molar-refractivity contribution < 1.29 is 14.4 Å². The van der Waals surface area contributed by atoms with Crippen molar-refractivity contribution in [3.05, 3.63) is 33.4 Å². The van der Waals surface area contributed by atoms with E-state index in [4.69, 9.17) is 0 Å². The van der Waals surface area contributed by atoms with Crippen LogP contribution in [0.4, 0.5) is 0 Å². The minimum atomic E-state index is -1.13. The third-order valence-electron chi connectivity index (χ3n) is 2.26. The summed E-state index contributed by atoms with van der Waals surface area (Å²) in [5, 5.41) is 10.2. The number of carbonyl (C=O) groups excluding carboxylic acids is 1. The van der Waals surface area contributed by atoms with E-state index < -0.39 is 5.97 Å². The maximum atomic E-state index is 10.2. The number of halogens is 1. The average molecular weight is 363 g/mol. The predicted molar refractivity (Wildman–Crippen MR) is 81.3 cm³/mol. The lowest BCUT2D eigenvalue weighted by Gasteiger charge is -2.23. The van der Waals surface area contributed by atoms with Crippen LogP contribution >= 0.6 is 22.6 Å². The molecule has 0 aromatic heterocycles. The molecule has 0 saturated heterocycles. The number of nitrogens with zero attached hydrogens (tertiary/aromatic N) is 1. The number of carbonyl (C=O) groups is 1. The van der Waals surface area contributed by atoms with Crippen molar-refractivity contribution in [1.82, 2.24) is 0 Å². The lowest BCUT2D eigenvalue weighted by molar-refractivity contribution is -0.870. The van der Waals surface area contributed by atoms with Crippen molar-refractivity contribution in [2.45, 2.75) is 19.8 Å². The fourth-order valence-corrected chi connectivity index (χ4v) is 1.58. The van der Waals surface area contributed by atoms with Gasteiger partial charge in [0, 0.05) is 3.57 Å². The molecule has 1 aromatic rings. The summed E-state index contributed by atoms with van der Waals surface area (Å²) in [6.45, 7) is 3.53. The third kappa shape index (κ3) is 9.41. The highest BCUT2D eigenvalue weighted by molar-refractivity contribution is 14.1. The van der Waals surface area contributed by atoms with Crippen molar-refractivity contribution in [1.29, 1.82) is 0 Å². The molecule has 0 aliphatic carbocycles. The van der Waals surface area contributed by atoms with Crippen LogP contribution < -0.4 is 5.11 Å². The number of hydrogen-bond acceptors (Lipinski definition) is 2. The maximum absolute atomic E-state index is 10.2. The van der Waals surface area contributed by atoms with Gasteiger partial charge in [-0.25, -0.2) is 0 Å². The molecule has 0 aliphatic heterocycles. The normalized spacial score (nSPS) is 10.5. The van der Waals surface area contributed by atoms with Crippen LogP contribution in [-0.2, 0) is 0 Å². The Balaban J connectivity index is 0.000000331. The van der Waals surface area contributed by atoms with Crippen LogP contribution in [0.15, 0.2) is 24.3 Å². The van der Waals surface area contributed by atoms with Gasteiger partial charge in [-0.3, -0.25) is 0 Å². The maximum Gasteiger partial charge on any atom is 0.0780 e. The molecule has 0 unspecified atom stereocenters. The molecular weight excluding hydrogens is 341 g/mol. The van der Waals surface area contributed by atoms with Crippen molar-refractivity contribution in [3.63, 3.8) is 0 Å². The quantitative estimate of drug-likeness (QED) is 0.608. The van der Waals surface area contributed by atoms with Gasteiger partial charge in [0.2, 0.25) is 0 Å². The molecule has 18 heavy (non-hydrogen) atoms. The van der Waals surface area contributed by atoms with Crippen molar-refractivity contribution >= 4 is 28.6 Å². The first-order chi connectivity index (χ1) is 8.26. The molecule has 0 bridgehead atoms. The molecule has 1 aromatic carbocycles. The van der Waals surface area contributed by atoms with E-state index in [1.165, 1.54) is 31.5 Å². The van der Waals surface area contributed by atoms with Gasteiger partial charge >= 0.3 is 0 Å². The zero-order valence-corrected chi connectivity index (χ0v) is 13.7. The summed E-state index contributed by atoms with van der Waals surface area (Å²) in [4.78, 5) is 10.2. The monoisotopic (exact) mass is 363 g/mol. The zero-order chi connectivity index (χ0) is 14.2. The van der Waals surface area contributed by atoms with Gasteiger partial charge in [-0.1, -0.05) is 25.5 Å². The summed E-state index contributed by atoms with van der Waals surface area (Å²) in [6, 6.07) is 6.51. The van der Waals surface area contributed by atoms with E-state index >= 15 is 0 Å². The van der Waals surface area contributed by atoms with Crippen LogP contribution in [0.5, 0.6) is 0 Å². The molecule has 0 fully saturated rings. The first-order valence-electron chi connectivity index (χ1n) is 6.03. The van der Waals surface area contributed by atoms with Crippen LogP contribution in [0.2, 0.25) is 0 Å². The highest BCUT2D eigenvalue weighted by Crippen LogP contribution is 2.05. The van der Waals surface area contributed by atoms with Gasteiger partial charge in [0.1, 0.15) is 0 Å². The smallest absolute Gasteiger partial charge is 0.0780 e. The molecule has 0 saturated carbocycles. The number of quaternary nitrogens is 1. The minimum Gasteiger partial charge on any atom is -0.545 e. The molecule has 1 rings (SSSR count). The SMILES string of the molecule is CCCC[N+](C)(C)C.O=C([O-])c1ccc(I)cc1. The van der Waals surface area contributed by atoms with Crippen LogP contribution in [0, 0.1) is 3.57 Å². The van der Waals surface area contributed by atoms with Crippen LogP contribution in [0.3, 0.4) is 0 Å². The van der Waals surface area contributed by atoms with Crippen LogP contribution in [-0.4, -0.2) is 38.1 Å². The lowest BCUT2D eigenvalue weighted by Crippen LogP contribution is -2.35. The zero-order valence-electron chi connectivity index (χ0n) is 11.6. The van der Waals surface area contributed by atoms with Gasteiger partial charge in [-0.15, -0.1) is 0 Å². The molecule has 0 atom stereocenters. The second-order valence-electron chi connectivity index (χ2n) is 5.16. The molecule has 102 valence electrons. The van der Waals surface area contributed by atoms with E-state index in [1.54, 1.807) is 12.1 Å². The Morgan fingerprint density at radius 1 is 1.22 bits per heavy atom. The topological polar surface area (TPSA) is 40.1 Å². The van der Waals surface area contributed by atoms with Gasteiger partial charge in [-0.2, -0.15) is 0 Å². The van der Waals surface area contributed by atoms with Crippen molar-refractivity contribution in [2.75, 3.05) is 27.7 Å². The van der Waals surface area contributed by atoms with E-state index in [0.717, 1.165) is 8.05 Å². The Labute approximate surface area is 124 Å². The molecule has 0 amide bonds. The Bertz CT molecular complexity index is 355. The summed E-state index contributed by atoms with van der Waals surface area (Å²) >= 11 is 2.11. The standard InChI is InChI=1S/C7H5IO2.C7H18N/c8-6-3-1-5(2-4-6)7(9)10;1-5-6-7-8(2,3)4/h1-4H,(H,9,10);5-7H2,1-4H3/q;+1/p-1. The van der Waals surface area contributed by atoms with Gasteiger partial charge in [0.25, 0.3) is 0 Å². The number of aromatic carboxylic acids is 1. The Hall–Kier alpha value is -0.620. The third-order valence-corrected chi connectivity index (χ3v) is 2.98. The molecule has 0 N–H and O–H groups in total. The van der Waals surface area contributed by atoms with Gasteiger partial charge < -0.3 is 14.4 Å². The molecule has 0 heterocycles. The molecule has 0 radical (unpaired) electrons. The molecule has 4 heteroatoms. The fourth-order valence-electron chi connectivity index (χ4n) is 1.22. The lowest BCUT2D eigenvalue weighted by atomic mass is 10.2. The minimum absolute atomic E-state index is 0.223. The van der Waals surface area contributed by atoms with Crippen LogP contribution in [0.1, 0.15) is 30.1 Å². The van der Waals surface area contributed by atoms with E-state index in [1.807, 2.05) is 0 Å². The van der Waals surface area contributed by atoms with Gasteiger partial charge in [-0.05, 0) is 46.7 Å². The Morgan fingerprint density at radius 3 is 2.00 bits per heavy atom. The highest BCUT2D eigenvalue weighted by Gasteiger charge is 2.02. The molecule has 0 aliphatic rings. The van der Waals surface area contributed by atoms with E-state index in [2.05, 4.69) is 50.7 Å². The van der Waals surface area contributed by atoms with E-state index in [0.29, 0.717) is 0 Å². The summed E-state index contributed by atoms with van der Waals surface area (Å²) in [6.07, 6.45) is 2.67. The van der Waals surface area contributed by atoms with Crippen molar-refractivity contribution in [2.24, 2.45) is 0 Å². The molecule has 0 spiro atoms. The number of unbranched alkanes of at least 4 members (excludes halogenated alkanes) is 1. The fraction of sp³-hybridized carbons (Fsp3) is 0.500.